The number of anilines is 1. The average molecular weight is 362 g/mol. The zero-order valence-corrected chi connectivity index (χ0v) is 14.5. The highest BCUT2D eigenvalue weighted by Crippen LogP contribution is 2.12. The van der Waals surface area contributed by atoms with Gasteiger partial charge in [-0.3, -0.25) is 18.7 Å². The predicted octanol–water partition coefficient (Wildman–Crippen LogP) is 2.62. The molecule has 0 atom stereocenters. The number of alkyl halides is 1. The second-order valence-electron chi connectivity index (χ2n) is 6.01. The normalized spacial score (nSPS) is 10.7. The Bertz CT molecular complexity index is 715. The molecule has 1 amide bonds. The van der Waals surface area contributed by atoms with Crippen molar-refractivity contribution in [3.63, 3.8) is 0 Å². The lowest BCUT2D eigenvalue weighted by atomic mass is 10.1. The molecule has 0 radical (unpaired) electrons. The van der Waals surface area contributed by atoms with Crippen LogP contribution in [-0.4, -0.2) is 38.7 Å². The lowest BCUT2D eigenvalue weighted by Gasteiger charge is -2.06. The number of aromatic nitrogens is 3. The van der Waals surface area contributed by atoms with Crippen molar-refractivity contribution < 1.29 is 19.1 Å². The minimum absolute atomic E-state index is 0.0868. The van der Waals surface area contributed by atoms with Gasteiger partial charge in [0.25, 0.3) is 0 Å². The van der Waals surface area contributed by atoms with Gasteiger partial charge in [0.15, 0.2) is 0 Å². The van der Waals surface area contributed by atoms with Crippen molar-refractivity contribution in [2.75, 3.05) is 12.0 Å². The molecule has 1 aromatic carbocycles. The van der Waals surface area contributed by atoms with Crippen LogP contribution in [0.5, 0.6) is 0 Å². The number of aryl methyl sites for hydroxylation is 3. The number of carboxylic acids is 1. The van der Waals surface area contributed by atoms with Crippen LogP contribution in [0, 0.1) is 0 Å². The molecular weight excluding hydrogens is 339 g/mol. The van der Waals surface area contributed by atoms with Gasteiger partial charge in [0.1, 0.15) is 0 Å². The van der Waals surface area contributed by atoms with Gasteiger partial charge in [0.2, 0.25) is 5.91 Å². The molecule has 2 rings (SSSR count). The van der Waals surface area contributed by atoms with Crippen LogP contribution in [0.4, 0.5) is 10.1 Å². The van der Waals surface area contributed by atoms with Crippen LogP contribution in [0.2, 0.25) is 0 Å². The highest BCUT2D eigenvalue weighted by Gasteiger charge is 2.05. The van der Waals surface area contributed by atoms with Gasteiger partial charge >= 0.3 is 5.97 Å². The van der Waals surface area contributed by atoms with E-state index in [1.54, 1.807) is 23.0 Å². The van der Waals surface area contributed by atoms with Gasteiger partial charge in [0, 0.05) is 31.3 Å². The van der Waals surface area contributed by atoms with E-state index in [2.05, 4.69) is 15.6 Å². The molecule has 0 unspecified atom stereocenters. The van der Waals surface area contributed by atoms with Crippen LogP contribution in [0.25, 0.3) is 0 Å². The summed E-state index contributed by atoms with van der Waals surface area (Å²) >= 11 is 0. The molecule has 0 saturated heterocycles. The first kappa shape index (κ1) is 19.6. The number of amides is 1. The molecule has 2 N–H and O–H groups in total. The fraction of sp³-hybridized carbons (Fsp3) is 0.444. The molecule has 0 fully saturated rings. The lowest BCUT2D eigenvalue weighted by Crippen LogP contribution is -2.12. The van der Waals surface area contributed by atoms with Crippen LogP contribution in [-0.2, 0) is 29.0 Å². The first-order valence-electron chi connectivity index (χ1n) is 8.62. The molecule has 8 heteroatoms. The Hall–Kier alpha value is -2.77. The molecule has 0 saturated carbocycles. The molecular formula is C18H23FN4O3. The van der Waals surface area contributed by atoms with Gasteiger partial charge in [-0.05, 0) is 43.4 Å². The number of hydrogen-bond acceptors (Lipinski definition) is 4. The van der Waals surface area contributed by atoms with E-state index in [1.165, 1.54) is 0 Å². The number of nitrogens with zero attached hydrogens (tertiary/aromatic N) is 3. The number of carboxylic acid groups (broad SMARTS) is 1. The van der Waals surface area contributed by atoms with Crippen LogP contribution >= 0.6 is 0 Å². The molecule has 0 bridgehead atoms. The molecule has 0 spiro atoms. The van der Waals surface area contributed by atoms with Gasteiger partial charge in [-0.1, -0.05) is 17.3 Å². The minimum atomic E-state index is -0.829. The summed E-state index contributed by atoms with van der Waals surface area (Å²) in [5, 5.41) is 19.4. The Morgan fingerprint density at radius 1 is 1.12 bits per heavy atom. The smallest absolute Gasteiger partial charge is 0.303 e. The van der Waals surface area contributed by atoms with Crippen molar-refractivity contribution in [1.29, 1.82) is 0 Å². The summed E-state index contributed by atoms with van der Waals surface area (Å²) in [4.78, 5) is 22.5. The van der Waals surface area contributed by atoms with Crippen molar-refractivity contribution in [2.24, 2.45) is 0 Å². The predicted molar refractivity (Wildman–Crippen MR) is 94.6 cm³/mol. The van der Waals surface area contributed by atoms with Gasteiger partial charge in [-0.2, -0.15) is 0 Å². The molecule has 140 valence electrons. The third-order valence-corrected chi connectivity index (χ3v) is 3.81. The van der Waals surface area contributed by atoms with Crippen LogP contribution in [0.15, 0.2) is 30.5 Å². The van der Waals surface area contributed by atoms with E-state index in [-0.39, 0.29) is 19.0 Å². The second-order valence-corrected chi connectivity index (χ2v) is 6.01. The molecule has 1 heterocycles. The summed E-state index contributed by atoms with van der Waals surface area (Å²) in [6.07, 6.45) is 4.31. The fourth-order valence-electron chi connectivity index (χ4n) is 2.44. The van der Waals surface area contributed by atoms with Crippen molar-refractivity contribution >= 4 is 17.6 Å². The SMILES string of the molecule is O=C(O)CCc1ccc(NC(=O)CCCn2cc(CCCF)nn2)cc1. The number of carbonyl (C=O) groups excluding carboxylic acids is 1. The third-order valence-electron chi connectivity index (χ3n) is 3.81. The monoisotopic (exact) mass is 362 g/mol. The maximum absolute atomic E-state index is 12.1. The quantitative estimate of drug-likeness (QED) is 0.640. The average Bonchev–Trinajstić information content (AvgIpc) is 3.07. The summed E-state index contributed by atoms with van der Waals surface area (Å²) in [5.74, 6) is -0.926. The van der Waals surface area contributed by atoms with Gasteiger partial charge in [-0.15, -0.1) is 5.10 Å². The number of benzene rings is 1. The maximum atomic E-state index is 12.1. The van der Waals surface area contributed by atoms with Crippen molar-refractivity contribution in [3.8, 4) is 0 Å². The fourth-order valence-corrected chi connectivity index (χ4v) is 2.44. The number of aliphatic carboxylic acids is 1. The molecule has 26 heavy (non-hydrogen) atoms. The summed E-state index contributed by atoms with van der Waals surface area (Å²) < 4.78 is 13.8. The van der Waals surface area contributed by atoms with Crippen molar-refractivity contribution in [2.45, 2.75) is 45.1 Å². The topological polar surface area (TPSA) is 97.1 Å². The Kier molecular flexibility index (Phi) is 7.73. The van der Waals surface area contributed by atoms with E-state index in [0.717, 1.165) is 11.3 Å². The number of rotatable bonds is 11. The first-order valence-corrected chi connectivity index (χ1v) is 8.62. The zero-order valence-electron chi connectivity index (χ0n) is 14.5. The second kappa shape index (κ2) is 10.3. The largest absolute Gasteiger partial charge is 0.481 e. The van der Waals surface area contributed by atoms with Gasteiger partial charge < -0.3 is 10.4 Å². The third kappa shape index (κ3) is 7.00. The minimum Gasteiger partial charge on any atom is -0.481 e. The highest BCUT2D eigenvalue weighted by atomic mass is 19.1. The van der Waals surface area contributed by atoms with Crippen molar-refractivity contribution in [3.05, 3.63) is 41.7 Å². The van der Waals surface area contributed by atoms with E-state index in [1.807, 2.05) is 12.1 Å². The van der Waals surface area contributed by atoms with E-state index in [9.17, 15) is 14.0 Å². The van der Waals surface area contributed by atoms with E-state index in [4.69, 9.17) is 5.11 Å². The Labute approximate surface area is 151 Å². The van der Waals surface area contributed by atoms with Gasteiger partial charge in [-0.25, -0.2) is 0 Å². The summed E-state index contributed by atoms with van der Waals surface area (Å²) in [7, 11) is 0. The van der Waals surface area contributed by atoms with Gasteiger partial charge in [0.05, 0.1) is 12.4 Å². The molecule has 0 aliphatic carbocycles. The standard InChI is InChI=1S/C18H23FN4O3/c19-11-1-3-16-13-23(22-21-16)12-2-4-17(24)20-15-8-5-14(6-9-15)7-10-18(25)26/h5-6,8-9,13H,1-4,7,10-12H2,(H,20,24)(H,25,26). The van der Waals surface area contributed by atoms with Crippen LogP contribution in [0.3, 0.4) is 0 Å². The Balaban J connectivity index is 1.69. The van der Waals surface area contributed by atoms with E-state index >= 15 is 0 Å². The maximum Gasteiger partial charge on any atom is 0.303 e. The number of hydrogen-bond donors (Lipinski definition) is 2. The molecule has 1 aromatic heterocycles. The summed E-state index contributed by atoms with van der Waals surface area (Å²) in [6.45, 7) is 0.206. The van der Waals surface area contributed by atoms with Crippen LogP contribution in [0.1, 0.15) is 36.9 Å². The first-order chi connectivity index (χ1) is 12.6. The lowest BCUT2D eigenvalue weighted by molar-refractivity contribution is -0.137. The number of carbonyl (C=O) groups is 2. The zero-order chi connectivity index (χ0) is 18.8. The molecule has 2 aromatic rings. The Morgan fingerprint density at radius 3 is 2.58 bits per heavy atom. The molecule has 7 nitrogen and oxygen atoms in total. The number of nitrogens with one attached hydrogen (secondary N) is 1. The van der Waals surface area contributed by atoms with Crippen molar-refractivity contribution in [1.82, 2.24) is 15.0 Å². The van der Waals surface area contributed by atoms with E-state index < -0.39 is 5.97 Å². The highest BCUT2D eigenvalue weighted by molar-refractivity contribution is 5.90. The molecule has 0 aliphatic rings. The number of halogens is 1. The Morgan fingerprint density at radius 2 is 1.88 bits per heavy atom. The van der Waals surface area contributed by atoms with Crippen LogP contribution < -0.4 is 5.32 Å². The summed E-state index contributed by atoms with van der Waals surface area (Å²) in [6, 6.07) is 7.16. The molecule has 0 aliphatic heterocycles. The van der Waals surface area contributed by atoms with E-state index in [0.29, 0.717) is 44.3 Å². The summed E-state index contributed by atoms with van der Waals surface area (Å²) in [5.41, 5.74) is 2.36.